The third-order valence-electron chi connectivity index (χ3n) is 3.42. The summed E-state index contributed by atoms with van der Waals surface area (Å²) in [7, 11) is 1.90. The number of hydrogen-bond acceptors (Lipinski definition) is 5. The van der Waals surface area contributed by atoms with Gasteiger partial charge in [0.05, 0.1) is 17.4 Å². The minimum atomic E-state index is 0.514. The Balaban J connectivity index is 1.48. The van der Waals surface area contributed by atoms with Gasteiger partial charge in [0.15, 0.2) is 0 Å². The number of nitrogens with zero attached hydrogens (tertiary/aromatic N) is 5. The number of benzene rings is 1. The average molecular weight is 294 g/mol. The maximum absolute atomic E-state index is 5.27. The minimum Gasteiger partial charge on any atom is -0.342 e. The Labute approximate surface area is 126 Å². The molecule has 0 saturated heterocycles. The zero-order valence-electron chi connectivity index (χ0n) is 12.0. The van der Waals surface area contributed by atoms with Crippen molar-refractivity contribution in [2.75, 3.05) is 0 Å². The summed E-state index contributed by atoms with van der Waals surface area (Å²) >= 11 is 0. The van der Waals surface area contributed by atoms with Crippen LogP contribution in [0.3, 0.4) is 0 Å². The van der Waals surface area contributed by atoms with E-state index in [2.05, 4.69) is 25.1 Å². The smallest absolute Gasteiger partial charge is 0.227 e. The zero-order valence-corrected chi connectivity index (χ0v) is 12.0. The molecule has 4 aromatic rings. The molecular formula is C15H14N6O. The van der Waals surface area contributed by atoms with Crippen molar-refractivity contribution in [2.45, 2.75) is 12.8 Å². The highest BCUT2D eigenvalue weighted by atomic mass is 16.5. The van der Waals surface area contributed by atoms with E-state index in [1.807, 2.05) is 42.1 Å². The molecule has 0 bridgehead atoms. The lowest BCUT2D eigenvalue weighted by Crippen LogP contribution is -1.93. The predicted octanol–water partition coefficient (Wildman–Crippen LogP) is 2.13. The normalized spacial score (nSPS) is 11.3. The molecule has 0 atom stereocenters. The third kappa shape index (κ3) is 2.37. The maximum Gasteiger partial charge on any atom is 0.227 e. The SMILES string of the molecule is Cn1cnc(-c2noc(CCc3nc4ccccc4[nH]3)n2)c1. The number of nitrogens with one attached hydrogen (secondary N) is 1. The van der Waals surface area contributed by atoms with Crippen molar-refractivity contribution in [1.29, 1.82) is 0 Å². The summed E-state index contributed by atoms with van der Waals surface area (Å²) in [6.07, 6.45) is 4.92. The molecule has 110 valence electrons. The van der Waals surface area contributed by atoms with E-state index in [-0.39, 0.29) is 0 Å². The molecule has 0 spiro atoms. The van der Waals surface area contributed by atoms with Crippen molar-refractivity contribution >= 4 is 11.0 Å². The molecule has 3 aromatic heterocycles. The Hall–Kier alpha value is -2.96. The van der Waals surface area contributed by atoms with Gasteiger partial charge in [-0.05, 0) is 12.1 Å². The van der Waals surface area contributed by atoms with Gasteiger partial charge in [-0.1, -0.05) is 17.3 Å². The van der Waals surface area contributed by atoms with Gasteiger partial charge in [0.25, 0.3) is 0 Å². The molecule has 0 amide bonds. The van der Waals surface area contributed by atoms with E-state index in [4.69, 9.17) is 4.52 Å². The van der Waals surface area contributed by atoms with Gasteiger partial charge in [0.2, 0.25) is 11.7 Å². The molecule has 0 fully saturated rings. The summed E-state index contributed by atoms with van der Waals surface area (Å²) < 4.78 is 7.12. The largest absolute Gasteiger partial charge is 0.342 e. The fourth-order valence-corrected chi connectivity index (χ4v) is 2.34. The van der Waals surface area contributed by atoms with E-state index in [9.17, 15) is 0 Å². The summed E-state index contributed by atoms with van der Waals surface area (Å²) in [5.74, 6) is 2.01. The highest BCUT2D eigenvalue weighted by molar-refractivity contribution is 5.74. The first-order chi connectivity index (χ1) is 10.8. The van der Waals surface area contributed by atoms with E-state index in [1.54, 1.807) is 6.33 Å². The van der Waals surface area contributed by atoms with E-state index >= 15 is 0 Å². The van der Waals surface area contributed by atoms with Gasteiger partial charge in [-0.2, -0.15) is 4.98 Å². The molecule has 7 heteroatoms. The molecule has 4 rings (SSSR count). The van der Waals surface area contributed by atoms with E-state index in [0.29, 0.717) is 23.8 Å². The molecule has 0 radical (unpaired) electrons. The summed E-state index contributed by atoms with van der Waals surface area (Å²) in [5, 5.41) is 3.96. The molecule has 3 heterocycles. The third-order valence-corrected chi connectivity index (χ3v) is 3.42. The number of aromatic nitrogens is 6. The van der Waals surface area contributed by atoms with Gasteiger partial charge in [-0.3, -0.25) is 0 Å². The number of rotatable bonds is 4. The van der Waals surface area contributed by atoms with Crippen molar-refractivity contribution in [1.82, 2.24) is 29.7 Å². The average Bonchev–Trinajstić information content (AvgIpc) is 3.23. The van der Waals surface area contributed by atoms with Crippen LogP contribution in [0.5, 0.6) is 0 Å². The topological polar surface area (TPSA) is 85.4 Å². The lowest BCUT2D eigenvalue weighted by molar-refractivity contribution is 0.378. The van der Waals surface area contributed by atoms with E-state index in [0.717, 1.165) is 23.3 Å². The Morgan fingerprint density at radius 1 is 1.18 bits per heavy atom. The fourth-order valence-electron chi connectivity index (χ4n) is 2.34. The quantitative estimate of drug-likeness (QED) is 0.623. The van der Waals surface area contributed by atoms with Crippen LogP contribution in [0.1, 0.15) is 11.7 Å². The molecule has 7 nitrogen and oxygen atoms in total. The van der Waals surface area contributed by atoms with Crippen molar-refractivity contribution in [3.63, 3.8) is 0 Å². The molecule has 1 aromatic carbocycles. The summed E-state index contributed by atoms with van der Waals surface area (Å²) in [5.41, 5.74) is 2.72. The number of H-pyrrole nitrogens is 1. The van der Waals surface area contributed by atoms with Crippen LogP contribution in [-0.4, -0.2) is 29.7 Å². The van der Waals surface area contributed by atoms with Crippen LogP contribution < -0.4 is 0 Å². The van der Waals surface area contributed by atoms with Gasteiger partial charge in [0.1, 0.15) is 11.5 Å². The van der Waals surface area contributed by atoms with Crippen molar-refractivity contribution in [3.8, 4) is 11.5 Å². The second kappa shape index (κ2) is 5.10. The molecule has 0 aliphatic carbocycles. The predicted molar refractivity (Wildman–Crippen MR) is 80.0 cm³/mol. The maximum atomic E-state index is 5.27. The first-order valence-corrected chi connectivity index (χ1v) is 7.02. The zero-order chi connectivity index (χ0) is 14.9. The first-order valence-electron chi connectivity index (χ1n) is 7.02. The van der Waals surface area contributed by atoms with Crippen molar-refractivity contribution in [3.05, 3.63) is 48.5 Å². The Morgan fingerprint density at radius 3 is 2.91 bits per heavy atom. The molecule has 0 aliphatic rings. The second-order valence-corrected chi connectivity index (χ2v) is 5.14. The van der Waals surface area contributed by atoms with Gasteiger partial charge in [-0.15, -0.1) is 0 Å². The second-order valence-electron chi connectivity index (χ2n) is 5.14. The fraction of sp³-hybridized carbons (Fsp3) is 0.200. The highest BCUT2D eigenvalue weighted by Crippen LogP contribution is 2.15. The van der Waals surface area contributed by atoms with Crippen LogP contribution in [0.25, 0.3) is 22.6 Å². The van der Waals surface area contributed by atoms with Gasteiger partial charge in [0, 0.05) is 26.1 Å². The number of fused-ring (bicyclic) bond motifs is 1. The van der Waals surface area contributed by atoms with Gasteiger partial charge in [-0.25, -0.2) is 9.97 Å². The Bertz CT molecular complexity index is 886. The lowest BCUT2D eigenvalue weighted by atomic mass is 10.3. The summed E-state index contributed by atoms with van der Waals surface area (Å²) in [4.78, 5) is 16.4. The molecule has 0 aliphatic heterocycles. The summed E-state index contributed by atoms with van der Waals surface area (Å²) in [6, 6.07) is 7.96. The molecular weight excluding hydrogens is 280 g/mol. The summed E-state index contributed by atoms with van der Waals surface area (Å²) in [6.45, 7) is 0. The van der Waals surface area contributed by atoms with Crippen LogP contribution in [0.2, 0.25) is 0 Å². The number of para-hydroxylation sites is 2. The van der Waals surface area contributed by atoms with Crippen LogP contribution in [-0.2, 0) is 19.9 Å². The lowest BCUT2D eigenvalue weighted by Gasteiger charge is -1.91. The molecule has 1 N–H and O–H groups in total. The number of aryl methyl sites for hydroxylation is 3. The van der Waals surface area contributed by atoms with Gasteiger partial charge < -0.3 is 14.1 Å². The van der Waals surface area contributed by atoms with Crippen molar-refractivity contribution in [2.24, 2.45) is 7.05 Å². The number of imidazole rings is 2. The highest BCUT2D eigenvalue weighted by Gasteiger charge is 2.11. The van der Waals surface area contributed by atoms with E-state index in [1.165, 1.54) is 0 Å². The molecule has 0 saturated carbocycles. The Kier molecular flexibility index (Phi) is 2.96. The number of aromatic amines is 1. The van der Waals surface area contributed by atoms with Crippen LogP contribution in [0.15, 0.2) is 41.3 Å². The van der Waals surface area contributed by atoms with Crippen molar-refractivity contribution < 1.29 is 4.52 Å². The standard InChI is InChI=1S/C15H14N6O/c1-21-8-12(16-9-21)15-19-14(22-20-15)7-6-13-17-10-4-2-3-5-11(10)18-13/h2-5,8-9H,6-7H2,1H3,(H,17,18). The minimum absolute atomic E-state index is 0.514. The Morgan fingerprint density at radius 2 is 2.09 bits per heavy atom. The van der Waals surface area contributed by atoms with Gasteiger partial charge >= 0.3 is 0 Å². The molecule has 22 heavy (non-hydrogen) atoms. The first kappa shape index (κ1) is 12.8. The van der Waals surface area contributed by atoms with Crippen LogP contribution in [0, 0.1) is 0 Å². The number of hydrogen-bond donors (Lipinski definition) is 1. The monoisotopic (exact) mass is 294 g/mol. The van der Waals surface area contributed by atoms with E-state index < -0.39 is 0 Å². The molecule has 0 unspecified atom stereocenters. The van der Waals surface area contributed by atoms with Crippen LogP contribution in [0.4, 0.5) is 0 Å². The van der Waals surface area contributed by atoms with Crippen LogP contribution >= 0.6 is 0 Å².